The number of hydrogen-bond donors (Lipinski definition) is 1. The van der Waals surface area contributed by atoms with E-state index in [9.17, 15) is 4.79 Å². The second kappa shape index (κ2) is 6.36. The predicted octanol–water partition coefficient (Wildman–Crippen LogP) is 1.75. The summed E-state index contributed by atoms with van der Waals surface area (Å²) < 4.78 is 5.32. The molecule has 17 heavy (non-hydrogen) atoms. The molecule has 0 spiro atoms. The molecule has 1 rings (SSSR count). The number of ether oxygens (including phenoxy) is 1. The molecule has 0 aromatic rings. The Labute approximate surface area is 105 Å². The molecule has 2 unspecified atom stereocenters. The van der Waals surface area contributed by atoms with Crippen LogP contribution in [0.3, 0.4) is 0 Å². The lowest BCUT2D eigenvalue weighted by atomic mass is 9.99. The molecule has 4 heteroatoms. The molecule has 0 bridgehead atoms. The van der Waals surface area contributed by atoms with E-state index in [4.69, 9.17) is 4.74 Å². The first-order chi connectivity index (χ1) is 8.09. The first-order valence-electron chi connectivity index (χ1n) is 6.75. The fourth-order valence-electron chi connectivity index (χ4n) is 2.28. The summed E-state index contributed by atoms with van der Waals surface area (Å²) in [6.45, 7) is 10.4. The van der Waals surface area contributed by atoms with Crippen LogP contribution < -0.4 is 5.32 Å². The van der Waals surface area contributed by atoms with Gasteiger partial charge in [0.05, 0.1) is 11.7 Å². The molecule has 0 saturated carbocycles. The van der Waals surface area contributed by atoms with Gasteiger partial charge < -0.3 is 9.64 Å². The normalized spacial score (nSPS) is 29.1. The zero-order valence-electron chi connectivity index (χ0n) is 11.6. The zero-order chi connectivity index (χ0) is 12.9. The maximum atomic E-state index is 12.3. The fraction of sp³-hybridized carbons (Fsp3) is 0.923. The quantitative estimate of drug-likeness (QED) is 0.692. The average Bonchev–Trinajstić information content (AvgIpc) is 2.59. The maximum Gasteiger partial charge on any atom is 0.243 e. The van der Waals surface area contributed by atoms with Crippen molar-refractivity contribution in [2.45, 2.75) is 58.7 Å². The third-order valence-corrected chi connectivity index (χ3v) is 3.58. The second-order valence-corrected chi connectivity index (χ2v) is 4.80. The Morgan fingerprint density at radius 1 is 1.41 bits per heavy atom. The summed E-state index contributed by atoms with van der Waals surface area (Å²) in [7, 11) is 0. The third kappa shape index (κ3) is 3.19. The molecule has 0 aliphatic carbocycles. The van der Waals surface area contributed by atoms with E-state index in [2.05, 4.69) is 19.2 Å². The number of hydrogen-bond acceptors (Lipinski definition) is 3. The number of rotatable bonds is 7. The Bertz CT molecular complexity index is 258. The van der Waals surface area contributed by atoms with Crippen molar-refractivity contribution in [3.63, 3.8) is 0 Å². The Kier molecular flexibility index (Phi) is 5.40. The van der Waals surface area contributed by atoms with E-state index < -0.39 is 0 Å². The minimum absolute atomic E-state index is 0.189. The van der Waals surface area contributed by atoms with Crippen LogP contribution in [-0.4, -0.2) is 42.3 Å². The summed E-state index contributed by atoms with van der Waals surface area (Å²) in [5.41, 5.74) is -0.369. The molecule has 1 aliphatic heterocycles. The first-order valence-corrected chi connectivity index (χ1v) is 6.75. The maximum absolute atomic E-state index is 12.3. The van der Waals surface area contributed by atoms with E-state index in [0.29, 0.717) is 0 Å². The van der Waals surface area contributed by atoms with Gasteiger partial charge in [0.15, 0.2) is 0 Å². The second-order valence-electron chi connectivity index (χ2n) is 4.80. The Hall–Kier alpha value is -0.610. The highest BCUT2D eigenvalue weighted by atomic mass is 16.5. The molecular formula is C13H26N2O2. The van der Waals surface area contributed by atoms with E-state index >= 15 is 0 Å². The molecular weight excluding hydrogens is 216 g/mol. The molecule has 0 aromatic carbocycles. The minimum Gasteiger partial charge on any atom is -0.382 e. The molecule has 1 amide bonds. The summed E-state index contributed by atoms with van der Waals surface area (Å²) in [6.07, 6.45) is 2.90. The molecule has 1 N–H and O–H groups in total. The lowest BCUT2D eigenvalue weighted by Gasteiger charge is -2.23. The van der Waals surface area contributed by atoms with Gasteiger partial charge in [0.1, 0.15) is 0 Å². The predicted molar refractivity (Wildman–Crippen MR) is 68.7 cm³/mol. The third-order valence-electron chi connectivity index (χ3n) is 3.58. The topological polar surface area (TPSA) is 41.6 Å². The largest absolute Gasteiger partial charge is 0.382 e. The van der Waals surface area contributed by atoms with Crippen molar-refractivity contribution in [1.29, 1.82) is 0 Å². The lowest BCUT2D eigenvalue weighted by Crippen LogP contribution is -2.43. The summed E-state index contributed by atoms with van der Waals surface area (Å²) in [5.74, 6) is 0.239. The molecule has 0 radical (unpaired) electrons. The number of carbonyl (C=O) groups excluding carboxylic acids is 1. The van der Waals surface area contributed by atoms with E-state index in [1.807, 2.05) is 18.7 Å². The summed E-state index contributed by atoms with van der Waals surface area (Å²) in [4.78, 5) is 14.3. The van der Waals surface area contributed by atoms with Gasteiger partial charge in [-0.05, 0) is 33.1 Å². The van der Waals surface area contributed by atoms with Crippen LogP contribution in [0.4, 0.5) is 0 Å². The van der Waals surface area contributed by atoms with Crippen LogP contribution in [0.5, 0.6) is 0 Å². The number of carbonyl (C=O) groups is 1. The van der Waals surface area contributed by atoms with Crippen LogP contribution in [0.25, 0.3) is 0 Å². The van der Waals surface area contributed by atoms with E-state index in [0.717, 1.165) is 39.0 Å². The van der Waals surface area contributed by atoms with Crippen LogP contribution in [0.15, 0.2) is 0 Å². The molecule has 1 aliphatic rings. The van der Waals surface area contributed by atoms with Gasteiger partial charge in [0.25, 0.3) is 0 Å². The summed E-state index contributed by atoms with van der Waals surface area (Å²) in [5, 5.41) is 3.44. The monoisotopic (exact) mass is 242 g/mol. The molecule has 2 atom stereocenters. The van der Waals surface area contributed by atoms with Crippen LogP contribution >= 0.6 is 0 Å². The lowest BCUT2D eigenvalue weighted by molar-refractivity contribution is -0.133. The highest BCUT2D eigenvalue weighted by Gasteiger charge is 2.45. The van der Waals surface area contributed by atoms with Gasteiger partial charge in [0.2, 0.25) is 5.91 Å². The molecule has 1 fully saturated rings. The van der Waals surface area contributed by atoms with Gasteiger partial charge >= 0.3 is 0 Å². The molecule has 1 saturated heterocycles. The highest BCUT2D eigenvalue weighted by molar-refractivity contribution is 5.88. The van der Waals surface area contributed by atoms with Gasteiger partial charge in [-0.15, -0.1) is 0 Å². The van der Waals surface area contributed by atoms with Crippen LogP contribution in [0, 0.1) is 0 Å². The van der Waals surface area contributed by atoms with Gasteiger partial charge in [0, 0.05) is 19.8 Å². The average molecular weight is 242 g/mol. The smallest absolute Gasteiger partial charge is 0.243 e. The number of nitrogens with zero attached hydrogens (tertiary/aromatic N) is 1. The molecule has 100 valence electrons. The Morgan fingerprint density at radius 3 is 2.65 bits per heavy atom. The van der Waals surface area contributed by atoms with Gasteiger partial charge in [-0.25, -0.2) is 0 Å². The van der Waals surface area contributed by atoms with Crippen molar-refractivity contribution < 1.29 is 9.53 Å². The van der Waals surface area contributed by atoms with Gasteiger partial charge in [-0.2, -0.15) is 0 Å². The SMILES string of the molecule is CCOCCCN1C(=O)C(C)(CC)NC1CC. The standard InChI is InChI=1S/C13H26N2O2/c1-5-11-14-13(4,6-2)12(16)15(11)9-8-10-17-7-3/h11,14H,5-10H2,1-4H3. The van der Waals surface area contributed by atoms with Crippen LogP contribution in [0.2, 0.25) is 0 Å². The van der Waals surface area contributed by atoms with Crippen molar-refractivity contribution in [3.8, 4) is 0 Å². The van der Waals surface area contributed by atoms with Crippen molar-refractivity contribution >= 4 is 5.91 Å². The van der Waals surface area contributed by atoms with E-state index in [1.54, 1.807) is 0 Å². The molecule has 1 heterocycles. The number of nitrogens with one attached hydrogen (secondary N) is 1. The van der Waals surface area contributed by atoms with Gasteiger partial charge in [-0.3, -0.25) is 10.1 Å². The molecule has 4 nitrogen and oxygen atoms in total. The summed E-state index contributed by atoms with van der Waals surface area (Å²) >= 11 is 0. The Morgan fingerprint density at radius 2 is 2.12 bits per heavy atom. The van der Waals surface area contributed by atoms with E-state index in [-0.39, 0.29) is 17.6 Å². The summed E-state index contributed by atoms with van der Waals surface area (Å²) in [6, 6.07) is 0. The fourth-order valence-corrected chi connectivity index (χ4v) is 2.28. The number of amides is 1. The Balaban J connectivity index is 2.54. The van der Waals surface area contributed by atoms with Crippen molar-refractivity contribution in [3.05, 3.63) is 0 Å². The van der Waals surface area contributed by atoms with E-state index in [1.165, 1.54) is 0 Å². The first kappa shape index (κ1) is 14.5. The minimum atomic E-state index is -0.369. The zero-order valence-corrected chi connectivity index (χ0v) is 11.6. The van der Waals surface area contributed by atoms with Crippen LogP contribution in [-0.2, 0) is 9.53 Å². The van der Waals surface area contributed by atoms with Crippen molar-refractivity contribution in [2.24, 2.45) is 0 Å². The van der Waals surface area contributed by atoms with Crippen LogP contribution in [0.1, 0.15) is 47.0 Å². The van der Waals surface area contributed by atoms with Gasteiger partial charge in [-0.1, -0.05) is 13.8 Å². The highest BCUT2D eigenvalue weighted by Crippen LogP contribution is 2.24. The van der Waals surface area contributed by atoms with Crippen molar-refractivity contribution in [2.75, 3.05) is 19.8 Å². The molecule has 0 aromatic heterocycles. The van der Waals surface area contributed by atoms with Crippen molar-refractivity contribution in [1.82, 2.24) is 10.2 Å².